The summed E-state index contributed by atoms with van der Waals surface area (Å²) in [7, 11) is 0. The summed E-state index contributed by atoms with van der Waals surface area (Å²) in [6.45, 7) is 0. The van der Waals surface area contributed by atoms with Crippen LogP contribution in [0.1, 0.15) is 5.56 Å². The molecule has 0 aliphatic carbocycles. The third kappa shape index (κ3) is 2.38. The summed E-state index contributed by atoms with van der Waals surface area (Å²) in [5.74, 6) is -0.464. The van der Waals surface area contributed by atoms with E-state index in [4.69, 9.17) is 17.3 Å². The molecule has 1 aromatic heterocycles. The molecule has 1 aromatic carbocycles. The van der Waals surface area contributed by atoms with Gasteiger partial charge in [0.15, 0.2) is 0 Å². The molecule has 4 heteroatoms. The molecule has 0 saturated heterocycles. The Balaban J connectivity index is 2.44. The molecule has 1 heterocycles. The minimum Gasteiger partial charge on any atom is -0.366 e. The molecular weight excluding hydrogens is 224 g/mol. The Hall–Kier alpha value is -1.87. The van der Waals surface area contributed by atoms with Crippen molar-refractivity contribution in [2.24, 2.45) is 5.73 Å². The summed E-state index contributed by atoms with van der Waals surface area (Å²) in [6.07, 6.45) is 2.99. The maximum Gasteiger partial charge on any atom is 0.241 e. The van der Waals surface area contributed by atoms with Crippen LogP contribution in [0.15, 0.2) is 36.4 Å². The van der Waals surface area contributed by atoms with Crippen LogP contribution in [0.5, 0.6) is 0 Å². The molecule has 0 spiro atoms. The monoisotopic (exact) mass is 232 g/mol. The molecule has 2 rings (SSSR count). The predicted molar refractivity (Wildman–Crippen MR) is 65.0 cm³/mol. The van der Waals surface area contributed by atoms with Gasteiger partial charge in [-0.2, -0.15) is 0 Å². The van der Waals surface area contributed by atoms with Crippen LogP contribution in [0, 0.1) is 0 Å². The Bertz CT molecular complexity index is 578. The molecule has 0 fully saturated rings. The molecule has 0 saturated carbocycles. The second-order valence-electron chi connectivity index (χ2n) is 3.32. The van der Waals surface area contributed by atoms with Crippen LogP contribution >= 0.6 is 11.6 Å². The van der Waals surface area contributed by atoms with E-state index in [1.54, 1.807) is 12.1 Å². The lowest BCUT2D eigenvalue weighted by molar-refractivity contribution is -0.113. The van der Waals surface area contributed by atoms with Gasteiger partial charge in [0.1, 0.15) is 5.15 Å². The normalized spacial score (nSPS) is 11.1. The number of rotatable bonds is 2. The van der Waals surface area contributed by atoms with E-state index < -0.39 is 5.91 Å². The van der Waals surface area contributed by atoms with Crippen LogP contribution in [0.25, 0.3) is 17.0 Å². The summed E-state index contributed by atoms with van der Waals surface area (Å²) < 4.78 is 0. The van der Waals surface area contributed by atoms with Gasteiger partial charge >= 0.3 is 0 Å². The fourth-order valence-corrected chi connectivity index (χ4v) is 1.56. The quantitative estimate of drug-likeness (QED) is 0.639. The Kier molecular flexibility index (Phi) is 2.88. The summed E-state index contributed by atoms with van der Waals surface area (Å²) in [6, 6.07) is 9.23. The molecule has 0 bridgehead atoms. The number of nitrogens with zero attached hydrogens (tertiary/aromatic N) is 1. The SMILES string of the molecule is NC(=O)C=Cc1ccc2nc(Cl)ccc2c1. The largest absolute Gasteiger partial charge is 0.366 e. The second kappa shape index (κ2) is 4.33. The molecule has 0 aliphatic heterocycles. The van der Waals surface area contributed by atoms with Crippen molar-refractivity contribution < 1.29 is 4.79 Å². The van der Waals surface area contributed by atoms with Crippen molar-refractivity contribution in [1.29, 1.82) is 0 Å². The second-order valence-corrected chi connectivity index (χ2v) is 3.71. The Morgan fingerprint density at radius 3 is 2.88 bits per heavy atom. The number of carbonyl (C=O) groups is 1. The van der Waals surface area contributed by atoms with E-state index in [-0.39, 0.29) is 0 Å². The minimum atomic E-state index is -0.464. The number of benzene rings is 1. The minimum absolute atomic E-state index is 0.464. The van der Waals surface area contributed by atoms with E-state index >= 15 is 0 Å². The zero-order chi connectivity index (χ0) is 11.5. The van der Waals surface area contributed by atoms with Gasteiger partial charge in [-0.1, -0.05) is 17.7 Å². The fourth-order valence-electron chi connectivity index (χ4n) is 1.40. The van der Waals surface area contributed by atoms with Gasteiger partial charge < -0.3 is 5.73 Å². The summed E-state index contributed by atoms with van der Waals surface area (Å²) in [5.41, 5.74) is 6.74. The lowest BCUT2D eigenvalue weighted by Gasteiger charge is -1.99. The average molecular weight is 233 g/mol. The highest BCUT2D eigenvalue weighted by molar-refractivity contribution is 6.29. The fraction of sp³-hybridized carbons (Fsp3) is 0. The van der Waals surface area contributed by atoms with E-state index in [1.807, 2.05) is 24.3 Å². The third-order valence-electron chi connectivity index (χ3n) is 2.12. The lowest BCUT2D eigenvalue weighted by atomic mass is 10.1. The van der Waals surface area contributed by atoms with Crippen molar-refractivity contribution >= 4 is 34.5 Å². The van der Waals surface area contributed by atoms with Gasteiger partial charge in [-0.3, -0.25) is 4.79 Å². The summed E-state index contributed by atoms with van der Waals surface area (Å²) >= 11 is 5.77. The van der Waals surface area contributed by atoms with Crippen LogP contribution in [0.3, 0.4) is 0 Å². The number of fused-ring (bicyclic) bond motifs is 1. The van der Waals surface area contributed by atoms with E-state index in [9.17, 15) is 4.79 Å². The molecule has 80 valence electrons. The Morgan fingerprint density at radius 1 is 1.31 bits per heavy atom. The smallest absolute Gasteiger partial charge is 0.241 e. The van der Waals surface area contributed by atoms with Crippen LogP contribution in [0.2, 0.25) is 5.15 Å². The number of hydrogen-bond donors (Lipinski definition) is 1. The van der Waals surface area contributed by atoms with Gasteiger partial charge in [0.25, 0.3) is 0 Å². The molecule has 0 radical (unpaired) electrons. The number of nitrogens with two attached hydrogens (primary N) is 1. The highest BCUT2D eigenvalue weighted by atomic mass is 35.5. The number of pyridine rings is 1. The van der Waals surface area contributed by atoms with Crippen LogP contribution in [-0.2, 0) is 4.79 Å². The average Bonchev–Trinajstić information content (AvgIpc) is 2.26. The van der Waals surface area contributed by atoms with Crippen LogP contribution in [-0.4, -0.2) is 10.9 Å². The third-order valence-corrected chi connectivity index (χ3v) is 2.33. The van der Waals surface area contributed by atoms with Crippen molar-refractivity contribution in [3.05, 3.63) is 47.1 Å². The maximum absolute atomic E-state index is 10.6. The molecular formula is C12H9ClN2O. The van der Waals surface area contributed by atoms with Gasteiger partial charge in [-0.15, -0.1) is 0 Å². The van der Waals surface area contributed by atoms with E-state index in [0.717, 1.165) is 16.5 Å². The van der Waals surface area contributed by atoms with Gasteiger partial charge in [-0.25, -0.2) is 4.98 Å². The van der Waals surface area contributed by atoms with Gasteiger partial charge in [0.2, 0.25) is 5.91 Å². The molecule has 1 amide bonds. The molecule has 2 N–H and O–H groups in total. The molecule has 0 aliphatic rings. The van der Waals surface area contributed by atoms with E-state index in [2.05, 4.69) is 4.98 Å². The zero-order valence-corrected chi connectivity index (χ0v) is 9.11. The van der Waals surface area contributed by atoms with Crippen molar-refractivity contribution in [3.63, 3.8) is 0 Å². The van der Waals surface area contributed by atoms with Crippen molar-refractivity contribution in [1.82, 2.24) is 4.98 Å². The molecule has 2 aromatic rings. The number of halogens is 1. The summed E-state index contributed by atoms with van der Waals surface area (Å²) in [4.78, 5) is 14.7. The number of carbonyl (C=O) groups excluding carboxylic acids is 1. The van der Waals surface area contributed by atoms with E-state index in [1.165, 1.54) is 6.08 Å². The summed E-state index contributed by atoms with van der Waals surface area (Å²) in [5, 5.41) is 1.43. The predicted octanol–water partition coefficient (Wildman–Crippen LogP) is 2.39. The van der Waals surface area contributed by atoms with Crippen LogP contribution < -0.4 is 5.73 Å². The standard InChI is InChI=1S/C12H9ClN2O/c13-11-5-3-9-7-8(2-6-12(14)16)1-4-10(9)15-11/h1-7H,(H2,14,16). The number of aromatic nitrogens is 1. The number of primary amides is 1. The highest BCUT2D eigenvalue weighted by Crippen LogP contribution is 2.17. The molecule has 0 atom stereocenters. The van der Waals surface area contributed by atoms with Gasteiger partial charge in [0, 0.05) is 11.5 Å². The first-order chi connectivity index (χ1) is 7.65. The van der Waals surface area contributed by atoms with Crippen LogP contribution in [0.4, 0.5) is 0 Å². The number of amides is 1. The van der Waals surface area contributed by atoms with Gasteiger partial charge in [-0.05, 0) is 35.9 Å². The highest BCUT2D eigenvalue weighted by Gasteiger charge is 1.97. The Morgan fingerprint density at radius 2 is 2.12 bits per heavy atom. The molecule has 16 heavy (non-hydrogen) atoms. The Labute approximate surface area is 97.5 Å². The first kappa shape index (κ1) is 10.6. The first-order valence-corrected chi connectivity index (χ1v) is 5.07. The molecule has 3 nitrogen and oxygen atoms in total. The molecule has 0 unspecified atom stereocenters. The lowest BCUT2D eigenvalue weighted by Crippen LogP contribution is -2.05. The van der Waals surface area contributed by atoms with Crippen molar-refractivity contribution in [2.75, 3.05) is 0 Å². The van der Waals surface area contributed by atoms with Crippen molar-refractivity contribution in [2.45, 2.75) is 0 Å². The van der Waals surface area contributed by atoms with Gasteiger partial charge in [0.05, 0.1) is 5.52 Å². The maximum atomic E-state index is 10.6. The number of hydrogen-bond acceptors (Lipinski definition) is 2. The topological polar surface area (TPSA) is 56.0 Å². The zero-order valence-electron chi connectivity index (χ0n) is 8.35. The van der Waals surface area contributed by atoms with Crippen molar-refractivity contribution in [3.8, 4) is 0 Å². The van der Waals surface area contributed by atoms with E-state index in [0.29, 0.717) is 5.15 Å². The first-order valence-electron chi connectivity index (χ1n) is 4.69.